The summed E-state index contributed by atoms with van der Waals surface area (Å²) in [7, 11) is 0. The summed E-state index contributed by atoms with van der Waals surface area (Å²) in [5.41, 5.74) is 4.44. The molecule has 1 N–H and O–H groups in total. The quantitative estimate of drug-likeness (QED) is 0.362. The molecule has 0 aromatic heterocycles. The third kappa shape index (κ3) is 6.35. The molecular weight excluding hydrogens is 398 g/mol. The first-order chi connectivity index (χ1) is 15.4. The molecule has 4 heteroatoms. The van der Waals surface area contributed by atoms with Crippen LogP contribution in [0.4, 0.5) is 5.69 Å². The second-order valence-electron chi connectivity index (χ2n) is 9.62. The Balaban J connectivity index is 1.67. The van der Waals surface area contributed by atoms with Crippen LogP contribution in [0.15, 0.2) is 42.5 Å². The third-order valence-corrected chi connectivity index (χ3v) is 6.44. The van der Waals surface area contributed by atoms with Crippen molar-refractivity contribution in [1.29, 1.82) is 0 Å². The molecule has 2 aromatic rings. The monoisotopic (exact) mass is 437 g/mol. The molecule has 0 spiro atoms. The standard InChI is InChI=1S/C28H39NO3/c1-20(2)29(21(3)4)26-14-8-10-22(18-26)9-7-13-25-17-23(19-30)15-16-27(25)32-28(31)24-11-5-6-12-24/h8,10,14-18,20-21,24,30H,5-7,9,11-13,19H2,1-4H3. The minimum atomic E-state index is -0.101. The molecule has 0 atom stereocenters. The fraction of sp³-hybridized carbons (Fsp3) is 0.536. The highest BCUT2D eigenvalue weighted by Crippen LogP contribution is 2.29. The molecule has 32 heavy (non-hydrogen) atoms. The highest BCUT2D eigenvalue weighted by molar-refractivity contribution is 5.75. The van der Waals surface area contributed by atoms with E-state index in [-0.39, 0.29) is 18.5 Å². The number of hydrogen-bond donors (Lipinski definition) is 1. The maximum Gasteiger partial charge on any atom is 0.314 e. The second-order valence-corrected chi connectivity index (χ2v) is 9.62. The van der Waals surface area contributed by atoms with E-state index in [1.807, 2.05) is 18.2 Å². The van der Waals surface area contributed by atoms with E-state index in [4.69, 9.17) is 4.74 Å². The normalized spacial score (nSPS) is 14.3. The average molecular weight is 438 g/mol. The van der Waals surface area contributed by atoms with Gasteiger partial charge in [-0.1, -0.05) is 31.0 Å². The fourth-order valence-corrected chi connectivity index (χ4v) is 4.93. The number of aliphatic hydroxyl groups excluding tert-OH is 1. The topological polar surface area (TPSA) is 49.8 Å². The molecule has 0 bridgehead atoms. The Hall–Kier alpha value is -2.33. The predicted octanol–water partition coefficient (Wildman–Crippen LogP) is 6.07. The predicted molar refractivity (Wildman–Crippen MR) is 131 cm³/mol. The Kier molecular flexibility index (Phi) is 8.75. The van der Waals surface area contributed by atoms with Crippen LogP contribution < -0.4 is 9.64 Å². The van der Waals surface area contributed by atoms with Crippen LogP contribution in [-0.2, 0) is 24.2 Å². The minimum Gasteiger partial charge on any atom is -0.426 e. The zero-order chi connectivity index (χ0) is 23.1. The summed E-state index contributed by atoms with van der Waals surface area (Å²) in [5, 5.41) is 9.57. The van der Waals surface area contributed by atoms with Crippen LogP contribution in [0.5, 0.6) is 5.75 Å². The van der Waals surface area contributed by atoms with Crippen LogP contribution in [0.3, 0.4) is 0 Å². The van der Waals surface area contributed by atoms with Crippen LogP contribution in [0, 0.1) is 5.92 Å². The fourth-order valence-electron chi connectivity index (χ4n) is 4.93. The van der Waals surface area contributed by atoms with Crippen molar-refractivity contribution in [3.05, 3.63) is 59.2 Å². The van der Waals surface area contributed by atoms with E-state index in [1.165, 1.54) is 11.3 Å². The SMILES string of the molecule is CC(C)N(c1cccc(CCCc2cc(CO)ccc2OC(=O)C2CCCC2)c1)C(C)C. The van der Waals surface area contributed by atoms with Gasteiger partial charge in [-0.05, 0) is 101 Å². The lowest BCUT2D eigenvalue weighted by atomic mass is 10.0. The van der Waals surface area contributed by atoms with Gasteiger partial charge in [0.2, 0.25) is 0 Å². The highest BCUT2D eigenvalue weighted by atomic mass is 16.5. The number of anilines is 1. The minimum absolute atomic E-state index is 0.00780. The average Bonchev–Trinajstić information content (AvgIpc) is 3.30. The van der Waals surface area contributed by atoms with Crippen molar-refractivity contribution in [2.75, 3.05) is 4.90 Å². The zero-order valence-corrected chi connectivity index (χ0v) is 20.1. The molecule has 0 unspecified atom stereocenters. The van der Waals surface area contributed by atoms with Gasteiger partial charge in [-0.25, -0.2) is 0 Å². The molecule has 1 fully saturated rings. The second kappa shape index (κ2) is 11.5. The number of ether oxygens (including phenoxy) is 1. The molecular formula is C28H39NO3. The lowest BCUT2D eigenvalue weighted by Crippen LogP contribution is -2.36. The lowest BCUT2D eigenvalue weighted by Gasteiger charge is -2.33. The van der Waals surface area contributed by atoms with Crippen molar-refractivity contribution in [2.24, 2.45) is 5.92 Å². The molecule has 0 amide bonds. The summed E-state index contributed by atoms with van der Waals surface area (Å²) in [6.45, 7) is 8.92. The summed E-state index contributed by atoms with van der Waals surface area (Å²) < 4.78 is 5.81. The summed E-state index contributed by atoms with van der Waals surface area (Å²) >= 11 is 0. The van der Waals surface area contributed by atoms with Gasteiger partial charge in [0.1, 0.15) is 5.75 Å². The van der Waals surface area contributed by atoms with Crippen LogP contribution in [0.2, 0.25) is 0 Å². The van der Waals surface area contributed by atoms with Gasteiger partial charge in [0.05, 0.1) is 12.5 Å². The van der Waals surface area contributed by atoms with Crippen molar-refractivity contribution in [1.82, 2.24) is 0 Å². The highest BCUT2D eigenvalue weighted by Gasteiger charge is 2.25. The number of benzene rings is 2. The molecule has 0 aliphatic heterocycles. The zero-order valence-electron chi connectivity index (χ0n) is 20.1. The van der Waals surface area contributed by atoms with Crippen LogP contribution in [0.1, 0.15) is 76.5 Å². The molecule has 174 valence electrons. The molecule has 1 aliphatic carbocycles. The summed E-state index contributed by atoms with van der Waals surface area (Å²) in [5.74, 6) is 0.585. The maximum absolute atomic E-state index is 12.6. The van der Waals surface area contributed by atoms with Crippen molar-refractivity contribution >= 4 is 11.7 Å². The summed E-state index contributed by atoms with van der Waals surface area (Å²) in [6.07, 6.45) is 6.81. The number of carbonyl (C=O) groups is 1. The van der Waals surface area contributed by atoms with E-state index < -0.39 is 0 Å². The van der Waals surface area contributed by atoms with Crippen molar-refractivity contribution < 1.29 is 14.6 Å². The number of esters is 1. The van der Waals surface area contributed by atoms with E-state index >= 15 is 0 Å². The molecule has 0 radical (unpaired) electrons. The molecule has 0 heterocycles. The lowest BCUT2D eigenvalue weighted by molar-refractivity contribution is -0.138. The van der Waals surface area contributed by atoms with Gasteiger partial charge in [0.15, 0.2) is 0 Å². The van der Waals surface area contributed by atoms with E-state index in [2.05, 4.69) is 56.9 Å². The van der Waals surface area contributed by atoms with Gasteiger partial charge in [-0.2, -0.15) is 0 Å². The van der Waals surface area contributed by atoms with E-state index in [1.54, 1.807) is 0 Å². The van der Waals surface area contributed by atoms with Crippen LogP contribution >= 0.6 is 0 Å². The largest absolute Gasteiger partial charge is 0.426 e. The molecule has 0 saturated heterocycles. The first kappa shape index (κ1) is 24.3. The Morgan fingerprint density at radius 3 is 2.38 bits per heavy atom. The molecule has 1 saturated carbocycles. The molecule has 3 rings (SSSR count). The number of aliphatic hydroxyl groups is 1. The molecule has 4 nitrogen and oxygen atoms in total. The van der Waals surface area contributed by atoms with Gasteiger partial charge in [0.25, 0.3) is 0 Å². The van der Waals surface area contributed by atoms with Crippen molar-refractivity contribution in [2.45, 2.75) is 91.3 Å². The number of hydrogen-bond acceptors (Lipinski definition) is 4. The number of rotatable bonds is 10. The maximum atomic E-state index is 12.6. The summed E-state index contributed by atoms with van der Waals surface area (Å²) in [6, 6.07) is 15.4. The van der Waals surface area contributed by atoms with Crippen LogP contribution in [0.25, 0.3) is 0 Å². The smallest absolute Gasteiger partial charge is 0.314 e. The first-order valence-electron chi connectivity index (χ1n) is 12.2. The van der Waals surface area contributed by atoms with E-state index in [0.29, 0.717) is 17.8 Å². The first-order valence-corrected chi connectivity index (χ1v) is 12.2. The van der Waals surface area contributed by atoms with Gasteiger partial charge < -0.3 is 14.7 Å². The van der Waals surface area contributed by atoms with Gasteiger partial charge in [0, 0.05) is 17.8 Å². The van der Waals surface area contributed by atoms with Gasteiger partial charge in [-0.3, -0.25) is 4.79 Å². The number of nitrogens with zero attached hydrogens (tertiary/aromatic N) is 1. The van der Waals surface area contributed by atoms with Gasteiger partial charge in [-0.15, -0.1) is 0 Å². The van der Waals surface area contributed by atoms with Crippen LogP contribution in [-0.4, -0.2) is 23.2 Å². The van der Waals surface area contributed by atoms with E-state index in [9.17, 15) is 9.90 Å². The Morgan fingerprint density at radius 1 is 1.00 bits per heavy atom. The molecule has 1 aliphatic rings. The summed E-state index contributed by atoms with van der Waals surface area (Å²) in [4.78, 5) is 15.0. The van der Waals surface area contributed by atoms with E-state index in [0.717, 1.165) is 56.1 Å². The third-order valence-electron chi connectivity index (χ3n) is 6.44. The Bertz CT molecular complexity index is 876. The Labute approximate surface area is 193 Å². The van der Waals surface area contributed by atoms with Crippen molar-refractivity contribution in [3.8, 4) is 5.75 Å². The molecule has 2 aromatic carbocycles. The Morgan fingerprint density at radius 2 is 1.72 bits per heavy atom. The van der Waals surface area contributed by atoms with Crippen molar-refractivity contribution in [3.63, 3.8) is 0 Å². The van der Waals surface area contributed by atoms with Gasteiger partial charge >= 0.3 is 5.97 Å². The number of carbonyl (C=O) groups excluding carboxylic acids is 1. The number of aryl methyl sites for hydroxylation is 2.